The fourth-order valence-electron chi connectivity index (χ4n) is 4.46. The average Bonchev–Trinajstić information content (AvgIpc) is 3.54. The molecule has 1 saturated heterocycles. The fourth-order valence-corrected chi connectivity index (χ4v) is 4.46. The van der Waals surface area contributed by atoms with E-state index in [-0.39, 0.29) is 41.3 Å². The second-order valence-electron chi connectivity index (χ2n) is 8.86. The van der Waals surface area contributed by atoms with E-state index in [4.69, 9.17) is 5.73 Å². The number of amides is 1. The maximum absolute atomic E-state index is 15.1. The number of hydrogen-bond acceptors (Lipinski definition) is 6. The highest BCUT2D eigenvalue weighted by atomic mass is 19.1. The van der Waals surface area contributed by atoms with Gasteiger partial charge in [0.15, 0.2) is 11.6 Å². The minimum atomic E-state index is -1.35. The number of nitrogen functional groups attached to an aromatic ring is 1. The summed E-state index contributed by atoms with van der Waals surface area (Å²) in [7, 11) is 0. The van der Waals surface area contributed by atoms with Crippen LogP contribution in [0.5, 0.6) is 0 Å². The standard InChI is InChI=1S/C24H24FN5O4/c25-18-10-16-21(32)17(24(33)34)12-30(15-5-6-15)22(16)28-23(18)29-8-7-14(11-29)27-20(31)9-13-3-1-2-4-19(13)26/h1-4,10,12,14-15H,5-9,11,26H2,(H,27,31)(H,33,34). The summed E-state index contributed by atoms with van der Waals surface area (Å²) in [5.41, 5.74) is 6.36. The Hall–Kier alpha value is -3.95. The van der Waals surface area contributed by atoms with Crippen molar-refractivity contribution in [3.8, 4) is 0 Å². The van der Waals surface area contributed by atoms with Crippen LogP contribution in [-0.2, 0) is 11.2 Å². The molecule has 1 unspecified atom stereocenters. The summed E-state index contributed by atoms with van der Waals surface area (Å²) in [6, 6.07) is 8.12. The number of halogens is 1. The zero-order chi connectivity index (χ0) is 24.0. The number of nitrogens with one attached hydrogen (secondary N) is 1. The van der Waals surface area contributed by atoms with Gasteiger partial charge in [0.1, 0.15) is 11.2 Å². The SMILES string of the molecule is Nc1ccccc1CC(=O)NC1CCN(c2nc3c(cc2F)c(=O)c(C(=O)O)cn3C2CC2)C1. The lowest BCUT2D eigenvalue weighted by molar-refractivity contribution is -0.121. The molecule has 2 aromatic heterocycles. The molecule has 5 rings (SSSR count). The van der Waals surface area contributed by atoms with Gasteiger partial charge in [-0.3, -0.25) is 9.59 Å². The summed E-state index contributed by atoms with van der Waals surface area (Å²) in [5, 5.41) is 12.3. The van der Waals surface area contributed by atoms with Crippen LogP contribution in [-0.4, -0.2) is 45.7 Å². The number of pyridine rings is 2. The largest absolute Gasteiger partial charge is 0.477 e. The van der Waals surface area contributed by atoms with Gasteiger partial charge in [0, 0.05) is 37.1 Å². The van der Waals surface area contributed by atoms with Crippen molar-refractivity contribution < 1.29 is 19.1 Å². The van der Waals surface area contributed by atoms with E-state index >= 15 is 4.39 Å². The van der Waals surface area contributed by atoms with Gasteiger partial charge in [0.25, 0.3) is 0 Å². The summed E-state index contributed by atoms with van der Waals surface area (Å²) in [4.78, 5) is 42.8. The molecule has 1 saturated carbocycles. The zero-order valence-electron chi connectivity index (χ0n) is 18.3. The van der Waals surface area contributed by atoms with Crippen molar-refractivity contribution in [2.45, 2.75) is 37.8 Å². The van der Waals surface area contributed by atoms with Crippen molar-refractivity contribution in [1.82, 2.24) is 14.9 Å². The van der Waals surface area contributed by atoms with E-state index in [9.17, 15) is 19.5 Å². The number of hydrogen-bond donors (Lipinski definition) is 3. The smallest absolute Gasteiger partial charge is 0.341 e. The van der Waals surface area contributed by atoms with Crippen LogP contribution >= 0.6 is 0 Å². The molecule has 176 valence electrons. The quantitative estimate of drug-likeness (QED) is 0.475. The van der Waals surface area contributed by atoms with Gasteiger partial charge in [0.2, 0.25) is 11.3 Å². The number of carbonyl (C=O) groups is 2. The maximum atomic E-state index is 15.1. The number of aromatic nitrogens is 2. The first-order chi connectivity index (χ1) is 16.3. The third kappa shape index (κ3) is 4.07. The Bertz CT molecular complexity index is 1370. The Morgan fingerprint density at radius 2 is 2.00 bits per heavy atom. The number of carbonyl (C=O) groups excluding carboxylic acids is 1. The van der Waals surface area contributed by atoms with Crippen LogP contribution in [0, 0.1) is 5.82 Å². The lowest BCUT2D eigenvalue weighted by atomic mass is 10.1. The van der Waals surface area contributed by atoms with E-state index in [0.717, 1.165) is 24.5 Å². The molecule has 1 aliphatic carbocycles. The molecule has 2 fully saturated rings. The van der Waals surface area contributed by atoms with E-state index in [1.807, 2.05) is 12.1 Å². The predicted octanol–water partition coefficient (Wildman–Crippen LogP) is 2.09. The van der Waals surface area contributed by atoms with Crippen LogP contribution in [0.2, 0.25) is 0 Å². The second kappa shape index (κ2) is 8.44. The van der Waals surface area contributed by atoms with E-state index in [0.29, 0.717) is 25.2 Å². The number of benzene rings is 1. The molecule has 3 aromatic rings. The highest BCUT2D eigenvalue weighted by molar-refractivity contribution is 5.92. The van der Waals surface area contributed by atoms with Gasteiger partial charge in [-0.05, 0) is 37.0 Å². The molecule has 1 aromatic carbocycles. The van der Waals surface area contributed by atoms with Gasteiger partial charge in [-0.2, -0.15) is 0 Å². The Labute approximate surface area is 194 Å². The minimum absolute atomic E-state index is 0.0439. The molecule has 0 bridgehead atoms. The number of nitrogens with zero attached hydrogens (tertiary/aromatic N) is 3. The highest BCUT2D eigenvalue weighted by Crippen LogP contribution is 2.37. The molecular formula is C24H24FN5O4. The zero-order valence-corrected chi connectivity index (χ0v) is 18.3. The van der Waals surface area contributed by atoms with Crippen molar-refractivity contribution >= 4 is 34.4 Å². The molecule has 4 N–H and O–H groups in total. The van der Waals surface area contributed by atoms with E-state index in [1.165, 1.54) is 6.20 Å². The molecule has 1 atom stereocenters. The summed E-state index contributed by atoms with van der Waals surface area (Å²) in [6.45, 7) is 0.848. The van der Waals surface area contributed by atoms with Crippen LogP contribution in [0.15, 0.2) is 41.3 Å². The third-order valence-electron chi connectivity index (χ3n) is 6.37. The third-order valence-corrected chi connectivity index (χ3v) is 6.37. The Kier molecular flexibility index (Phi) is 5.43. The van der Waals surface area contributed by atoms with Crippen molar-refractivity contribution in [2.75, 3.05) is 23.7 Å². The van der Waals surface area contributed by atoms with Gasteiger partial charge in [-0.25, -0.2) is 14.2 Å². The molecule has 34 heavy (non-hydrogen) atoms. The van der Waals surface area contributed by atoms with Crippen LogP contribution in [0.3, 0.4) is 0 Å². The monoisotopic (exact) mass is 465 g/mol. The summed E-state index contributed by atoms with van der Waals surface area (Å²) >= 11 is 0. The number of rotatable bonds is 6. The lowest BCUT2D eigenvalue weighted by Crippen LogP contribution is -2.38. The normalized spacial score (nSPS) is 17.8. The Morgan fingerprint density at radius 3 is 2.71 bits per heavy atom. The molecule has 9 nitrogen and oxygen atoms in total. The van der Waals surface area contributed by atoms with E-state index < -0.39 is 22.8 Å². The number of carboxylic acids is 1. The number of fused-ring (bicyclic) bond motifs is 1. The van der Waals surface area contributed by atoms with Crippen molar-refractivity contribution in [3.63, 3.8) is 0 Å². The summed E-state index contributed by atoms with van der Waals surface area (Å²) in [5.74, 6) is -2.12. The number of nitrogens with two attached hydrogens (primary N) is 1. The lowest BCUT2D eigenvalue weighted by Gasteiger charge is -2.20. The maximum Gasteiger partial charge on any atom is 0.341 e. The first-order valence-electron chi connectivity index (χ1n) is 11.2. The number of aromatic carboxylic acids is 1. The van der Waals surface area contributed by atoms with Gasteiger partial charge in [-0.15, -0.1) is 0 Å². The van der Waals surface area contributed by atoms with E-state index in [2.05, 4.69) is 10.3 Å². The predicted molar refractivity (Wildman–Crippen MR) is 125 cm³/mol. The van der Waals surface area contributed by atoms with Crippen LogP contribution in [0.1, 0.15) is 41.2 Å². The first kappa shape index (κ1) is 21.9. The minimum Gasteiger partial charge on any atom is -0.477 e. The van der Waals surface area contributed by atoms with Crippen molar-refractivity contribution in [2.24, 2.45) is 0 Å². The van der Waals surface area contributed by atoms with Crippen molar-refractivity contribution in [1.29, 1.82) is 0 Å². The summed E-state index contributed by atoms with van der Waals surface area (Å²) < 4.78 is 16.7. The van der Waals surface area contributed by atoms with E-state index in [1.54, 1.807) is 21.6 Å². The number of anilines is 2. The molecule has 10 heteroatoms. The van der Waals surface area contributed by atoms with Gasteiger partial charge in [0.05, 0.1) is 11.8 Å². The van der Waals surface area contributed by atoms with Gasteiger partial charge < -0.3 is 25.6 Å². The molecule has 1 aliphatic heterocycles. The van der Waals surface area contributed by atoms with Gasteiger partial charge >= 0.3 is 5.97 Å². The number of carboxylic acid groups (broad SMARTS) is 1. The molecule has 3 heterocycles. The Morgan fingerprint density at radius 1 is 1.24 bits per heavy atom. The molecule has 1 amide bonds. The van der Waals surface area contributed by atoms with Crippen LogP contribution in [0.25, 0.3) is 11.0 Å². The first-order valence-corrected chi connectivity index (χ1v) is 11.2. The van der Waals surface area contributed by atoms with Gasteiger partial charge in [-0.1, -0.05) is 18.2 Å². The summed E-state index contributed by atoms with van der Waals surface area (Å²) in [6.07, 6.45) is 3.76. The molecular weight excluding hydrogens is 441 g/mol. The average molecular weight is 465 g/mol. The molecule has 0 radical (unpaired) electrons. The van der Waals surface area contributed by atoms with Crippen molar-refractivity contribution in [3.05, 3.63) is 63.7 Å². The molecule has 2 aliphatic rings. The van der Waals surface area contributed by atoms with Crippen LogP contribution < -0.4 is 21.4 Å². The fraction of sp³-hybridized carbons (Fsp3) is 0.333. The second-order valence-corrected chi connectivity index (χ2v) is 8.86. The topological polar surface area (TPSA) is 131 Å². The highest BCUT2D eigenvalue weighted by Gasteiger charge is 2.31. The number of para-hydroxylation sites is 1. The Balaban J connectivity index is 1.38. The van der Waals surface area contributed by atoms with Crippen LogP contribution in [0.4, 0.5) is 15.9 Å². The molecule has 0 spiro atoms.